The third-order valence-corrected chi connectivity index (χ3v) is 7.72. The molecule has 0 fully saturated rings. The zero-order valence-electron chi connectivity index (χ0n) is 18.4. The van der Waals surface area contributed by atoms with E-state index in [0.717, 1.165) is 54.8 Å². The minimum Gasteiger partial charge on any atom is -0.454 e. The van der Waals surface area contributed by atoms with Crippen molar-refractivity contribution in [3.8, 4) is 22.1 Å². The Morgan fingerprint density at radius 3 is 2.66 bits per heavy atom. The number of hydrogen-bond acceptors (Lipinski definition) is 6. The predicted octanol–water partition coefficient (Wildman–Crippen LogP) is 6.64. The summed E-state index contributed by atoms with van der Waals surface area (Å²) in [6.07, 6.45) is 0.746. The summed E-state index contributed by atoms with van der Waals surface area (Å²) >= 11 is 3.28. The monoisotopic (exact) mass is 464 g/mol. The van der Waals surface area contributed by atoms with Gasteiger partial charge in [0.25, 0.3) is 0 Å². The predicted molar refractivity (Wildman–Crippen MR) is 131 cm³/mol. The van der Waals surface area contributed by atoms with E-state index in [0.29, 0.717) is 0 Å². The van der Waals surface area contributed by atoms with Crippen LogP contribution in [0, 0.1) is 12.3 Å². The Labute approximate surface area is 195 Å². The third-order valence-electron chi connectivity index (χ3n) is 5.46. The summed E-state index contributed by atoms with van der Waals surface area (Å²) in [5, 5.41) is 4.97. The lowest BCUT2D eigenvalue weighted by atomic mass is 9.96. The van der Waals surface area contributed by atoms with E-state index in [2.05, 4.69) is 24.4 Å². The molecule has 0 radical (unpaired) electrons. The molecule has 0 aliphatic carbocycles. The van der Waals surface area contributed by atoms with Gasteiger partial charge in [0.2, 0.25) is 12.7 Å². The maximum atomic E-state index is 12.8. The summed E-state index contributed by atoms with van der Waals surface area (Å²) in [4.78, 5) is 18.9. The number of hydrogen-bond donors (Lipinski definition) is 1. The molecule has 7 heteroatoms. The second-order valence-electron chi connectivity index (χ2n) is 8.91. The average molecular weight is 465 g/mol. The number of thiophene rings is 1. The maximum Gasteiger partial charge on any atom is 0.231 e. The molecule has 2 aromatic carbocycles. The lowest BCUT2D eigenvalue weighted by Crippen LogP contribution is -2.27. The fraction of sp³-hybridized carbons (Fsp3) is 0.280. The number of rotatable bonds is 4. The van der Waals surface area contributed by atoms with E-state index in [9.17, 15) is 4.79 Å². The lowest BCUT2D eigenvalue weighted by molar-refractivity contribution is -0.123. The van der Waals surface area contributed by atoms with E-state index < -0.39 is 5.41 Å². The first kappa shape index (κ1) is 21.0. The quantitative estimate of drug-likeness (QED) is 0.368. The summed E-state index contributed by atoms with van der Waals surface area (Å²) in [7, 11) is 0. The molecule has 1 aliphatic rings. The molecule has 1 amide bonds. The molecule has 0 spiro atoms. The molecular formula is C25H24N2O3S2. The van der Waals surface area contributed by atoms with Gasteiger partial charge in [-0.25, -0.2) is 4.98 Å². The number of thiazole rings is 1. The van der Waals surface area contributed by atoms with Crippen molar-refractivity contribution in [1.82, 2.24) is 4.98 Å². The van der Waals surface area contributed by atoms with Gasteiger partial charge >= 0.3 is 0 Å². The van der Waals surface area contributed by atoms with Crippen LogP contribution in [0.15, 0.2) is 42.5 Å². The fourth-order valence-electron chi connectivity index (χ4n) is 3.58. The number of nitrogens with zero attached hydrogens (tertiary/aromatic N) is 1. The Balaban J connectivity index is 1.57. The van der Waals surface area contributed by atoms with E-state index in [1.54, 1.807) is 22.7 Å². The molecule has 1 aliphatic heterocycles. The van der Waals surface area contributed by atoms with Gasteiger partial charge in [-0.05, 0) is 42.3 Å². The van der Waals surface area contributed by atoms with Crippen LogP contribution in [-0.4, -0.2) is 17.7 Å². The van der Waals surface area contributed by atoms with Crippen molar-refractivity contribution < 1.29 is 14.3 Å². The van der Waals surface area contributed by atoms with Gasteiger partial charge in [0.05, 0.1) is 10.2 Å². The second kappa shape index (κ2) is 7.90. The molecular weight excluding hydrogens is 440 g/mol. The van der Waals surface area contributed by atoms with Crippen molar-refractivity contribution in [3.05, 3.63) is 58.5 Å². The highest BCUT2D eigenvalue weighted by molar-refractivity contribution is 7.22. The Morgan fingerprint density at radius 2 is 1.88 bits per heavy atom. The number of ether oxygens (including phenoxy) is 2. The van der Waals surface area contributed by atoms with Crippen LogP contribution < -0.4 is 14.8 Å². The van der Waals surface area contributed by atoms with Gasteiger partial charge in [-0.1, -0.05) is 39.0 Å². The topological polar surface area (TPSA) is 60.5 Å². The van der Waals surface area contributed by atoms with Gasteiger partial charge in [-0.15, -0.1) is 22.7 Å². The van der Waals surface area contributed by atoms with Crippen LogP contribution in [0.5, 0.6) is 11.5 Å². The van der Waals surface area contributed by atoms with Gasteiger partial charge in [0.15, 0.2) is 11.5 Å². The number of amides is 1. The van der Waals surface area contributed by atoms with Crippen LogP contribution in [0.2, 0.25) is 0 Å². The highest BCUT2D eigenvalue weighted by Crippen LogP contribution is 2.45. The Morgan fingerprint density at radius 1 is 1.09 bits per heavy atom. The SMILES string of the molecule is Cc1c(Cc2ccc3c(c2)OCO3)sc(NC(=O)C(C)(C)C)c1-c1nc2ccccc2s1. The number of aromatic nitrogens is 1. The first-order valence-electron chi connectivity index (χ1n) is 10.5. The van der Waals surface area contributed by atoms with E-state index in [4.69, 9.17) is 14.5 Å². The fourth-order valence-corrected chi connectivity index (χ4v) is 5.96. The van der Waals surface area contributed by atoms with Crippen LogP contribution in [-0.2, 0) is 11.2 Å². The van der Waals surface area contributed by atoms with Crippen molar-refractivity contribution in [2.45, 2.75) is 34.1 Å². The van der Waals surface area contributed by atoms with Crippen molar-refractivity contribution in [1.29, 1.82) is 0 Å². The first-order valence-corrected chi connectivity index (χ1v) is 12.1. The molecule has 5 nitrogen and oxygen atoms in total. The molecule has 164 valence electrons. The molecule has 0 atom stereocenters. The number of para-hydroxylation sites is 1. The molecule has 0 bridgehead atoms. The highest BCUT2D eigenvalue weighted by Gasteiger charge is 2.26. The normalized spacial score (nSPS) is 13.0. The first-order chi connectivity index (χ1) is 15.3. The molecule has 5 rings (SSSR count). The molecule has 2 aromatic heterocycles. The highest BCUT2D eigenvalue weighted by atomic mass is 32.1. The number of benzene rings is 2. The standard InChI is InChI=1S/C25H24N2O3S2/c1-14-20(12-15-9-10-17-18(11-15)30-13-29-17)32-23(27-24(28)25(2,3)4)21(14)22-26-16-7-5-6-8-19(16)31-22/h5-11H,12-13H2,1-4H3,(H,27,28). The van der Waals surface area contributed by atoms with Crippen LogP contribution in [0.1, 0.15) is 36.8 Å². The molecule has 4 aromatic rings. The van der Waals surface area contributed by atoms with Crippen molar-refractivity contribution in [2.24, 2.45) is 5.41 Å². The van der Waals surface area contributed by atoms with E-state index in [-0.39, 0.29) is 12.7 Å². The van der Waals surface area contributed by atoms with Crippen LogP contribution in [0.25, 0.3) is 20.8 Å². The van der Waals surface area contributed by atoms with Gasteiger partial charge in [0, 0.05) is 22.3 Å². The van der Waals surface area contributed by atoms with E-state index >= 15 is 0 Å². The Bertz CT molecular complexity index is 1300. The lowest BCUT2D eigenvalue weighted by Gasteiger charge is -2.17. The minimum atomic E-state index is -0.486. The summed E-state index contributed by atoms with van der Waals surface area (Å²) in [5.74, 6) is 1.56. The average Bonchev–Trinajstić information content (AvgIpc) is 3.44. The number of fused-ring (bicyclic) bond motifs is 2. The van der Waals surface area contributed by atoms with Crippen LogP contribution >= 0.6 is 22.7 Å². The van der Waals surface area contributed by atoms with E-state index in [1.807, 2.05) is 51.1 Å². The van der Waals surface area contributed by atoms with Crippen molar-refractivity contribution in [3.63, 3.8) is 0 Å². The second-order valence-corrected chi connectivity index (χ2v) is 11.0. The number of anilines is 1. The zero-order valence-corrected chi connectivity index (χ0v) is 20.1. The van der Waals surface area contributed by atoms with Gasteiger partial charge in [0.1, 0.15) is 10.0 Å². The third kappa shape index (κ3) is 3.87. The van der Waals surface area contributed by atoms with Crippen molar-refractivity contribution in [2.75, 3.05) is 12.1 Å². The summed E-state index contributed by atoms with van der Waals surface area (Å²) in [6, 6.07) is 14.2. The number of nitrogens with one attached hydrogen (secondary N) is 1. The number of carbonyl (C=O) groups is 1. The minimum absolute atomic E-state index is 0.00394. The van der Waals surface area contributed by atoms with Gasteiger partial charge in [-0.3, -0.25) is 4.79 Å². The Hall–Kier alpha value is -2.90. The molecule has 32 heavy (non-hydrogen) atoms. The summed E-state index contributed by atoms with van der Waals surface area (Å²) in [6.45, 7) is 8.16. The Kier molecular flexibility index (Phi) is 5.18. The molecule has 0 unspecified atom stereocenters. The summed E-state index contributed by atoms with van der Waals surface area (Å²) < 4.78 is 12.1. The largest absolute Gasteiger partial charge is 0.454 e. The van der Waals surface area contributed by atoms with E-state index in [1.165, 1.54) is 4.88 Å². The zero-order chi connectivity index (χ0) is 22.5. The van der Waals surface area contributed by atoms with Crippen LogP contribution in [0.4, 0.5) is 5.00 Å². The van der Waals surface area contributed by atoms with Gasteiger partial charge in [-0.2, -0.15) is 0 Å². The van der Waals surface area contributed by atoms with Crippen molar-refractivity contribution >= 4 is 43.8 Å². The molecule has 0 saturated heterocycles. The smallest absolute Gasteiger partial charge is 0.231 e. The van der Waals surface area contributed by atoms with Gasteiger partial charge < -0.3 is 14.8 Å². The molecule has 1 N–H and O–H groups in total. The number of carbonyl (C=O) groups excluding carboxylic acids is 1. The molecule has 3 heterocycles. The summed E-state index contributed by atoms with van der Waals surface area (Å²) in [5.41, 5.74) is 3.80. The molecule has 0 saturated carbocycles. The van der Waals surface area contributed by atoms with Crippen LogP contribution in [0.3, 0.4) is 0 Å². The maximum absolute atomic E-state index is 12.8.